The van der Waals surface area contributed by atoms with Gasteiger partial charge in [-0.1, -0.05) is 13.8 Å². The highest BCUT2D eigenvalue weighted by atomic mass is 16.3. The fourth-order valence-corrected chi connectivity index (χ4v) is 4.84. The molecule has 0 atom stereocenters. The lowest BCUT2D eigenvalue weighted by Crippen LogP contribution is -2.44. The van der Waals surface area contributed by atoms with Crippen LogP contribution in [0.15, 0.2) is 18.2 Å². The van der Waals surface area contributed by atoms with Gasteiger partial charge in [0.2, 0.25) is 0 Å². The smallest absolute Gasteiger partial charge is 0.271 e. The first-order chi connectivity index (χ1) is 16.9. The second kappa shape index (κ2) is 11.2. The number of aliphatic hydroxyl groups is 1. The number of aliphatic hydroxyl groups excluding tert-OH is 1. The molecule has 0 unspecified atom stereocenters. The van der Waals surface area contributed by atoms with E-state index in [1.165, 1.54) is 5.56 Å². The van der Waals surface area contributed by atoms with Gasteiger partial charge in [0, 0.05) is 43.6 Å². The summed E-state index contributed by atoms with van der Waals surface area (Å²) in [4.78, 5) is 26.5. The fraction of sp³-hybridized carbons (Fsp3) is 0.577. The van der Waals surface area contributed by atoms with Crippen LogP contribution in [0.1, 0.15) is 61.3 Å². The van der Waals surface area contributed by atoms with E-state index in [0.29, 0.717) is 18.1 Å². The minimum absolute atomic E-state index is 0.148. The molecule has 190 valence electrons. The minimum Gasteiger partial charge on any atom is -0.393 e. The summed E-state index contributed by atoms with van der Waals surface area (Å²) in [6.45, 7) is 8.14. The zero-order valence-electron chi connectivity index (χ0n) is 21.2. The standard InChI is InChI=1S/C26H39N7O2/c1-4-17-14-19(16-20(15-17)33-12-10-32(3)11-13-33)29-26-23(24(27)35)30-22(5-2)25(31-26)28-18-6-8-21(34)9-7-18/h14-16,18,21,34H,4-13H2,1-3H3,(H2,27,35)(H2,28,29,31). The molecule has 1 aliphatic carbocycles. The summed E-state index contributed by atoms with van der Waals surface area (Å²) in [6, 6.07) is 6.66. The third kappa shape index (κ3) is 6.21. The second-order valence-electron chi connectivity index (χ2n) is 9.74. The number of aromatic nitrogens is 2. The first kappa shape index (κ1) is 25.2. The van der Waals surface area contributed by atoms with E-state index in [2.05, 4.69) is 57.6 Å². The molecule has 2 fully saturated rings. The van der Waals surface area contributed by atoms with Crippen molar-refractivity contribution in [3.63, 3.8) is 0 Å². The van der Waals surface area contributed by atoms with Crippen molar-refractivity contribution < 1.29 is 9.90 Å². The molecule has 2 aliphatic rings. The first-order valence-corrected chi connectivity index (χ1v) is 12.9. The molecule has 0 radical (unpaired) electrons. The molecule has 9 nitrogen and oxygen atoms in total. The molecule has 9 heteroatoms. The number of likely N-dealkylation sites (N-methyl/N-ethyl adjacent to an activating group) is 1. The lowest BCUT2D eigenvalue weighted by Gasteiger charge is -2.34. The van der Waals surface area contributed by atoms with Crippen LogP contribution >= 0.6 is 0 Å². The number of piperazine rings is 1. The van der Waals surface area contributed by atoms with Gasteiger partial charge in [0.1, 0.15) is 5.82 Å². The van der Waals surface area contributed by atoms with E-state index in [9.17, 15) is 9.90 Å². The van der Waals surface area contributed by atoms with Crippen molar-refractivity contribution in [1.29, 1.82) is 0 Å². The number of nitrogens with two attached hydrogens (primary N) is 1. The fourth-order valence-electron chi connectivity index (χ4n) is 4.84. The highest BCUT2D eigenvalue weighted by molar-refractivity contribution is 5.96. The molecule has 5 N–H and O–H groups in total. The molecule has 1 saturated heterocycles. The molecule has 2 heterocycles. The Morgan fingerprint density at radius 2 is 1.74 bits per heavy atom. The predicted molar refractivity (Wildman–Crippen MR) is 141 cm³/mol. The van der Waals surface area contributed by atoms with Gasteiger partial charge in [-0.2, -0.15) is 0 Å². The Balaban J connectivity index is 1.64. The lowest BCUT2D eigenvalue weighted by molar-refractivity contribution is 0.0996. The molecule has 1 aromatic carbocycles. The van der Waals surface area contributed by atoms with Crippen molar-refractivity contribution in [2.45, 2.75) is 64.5 Å². The van der Waals surface area contributed by atoms with Crippen molar-refractivity contribution in [2.24, 2.45) is 5.73 Å². The van der Waals surface area contributed by atoms with Crippen LogP contribution in [0.5, 0.6) is 0 Å². The van der Waals surface area contributed by atoms with Crippen LogP contribution in [0.2, 0.25) is 0 Å². The van der Waals surface area contributed by atoms with Crippen molar-refractivity contribution in [1.82, 2.24) is 14.9 Å². The third-order valence-corrected chi connectivity index (χ3v) is 7.09. The Bertz CT molecular complexity index is 1030. The maximum atomic E-state index is 12.3. The van der Waals surface area contributed by atoms with E-state index in [1.807, 2.05) is 6.92 Å². The van der Waals surface area contributed by atoms with Crippen molar-refractivity contribution in [3.05, 3.63) is 35.2 Å². The largest absolute Gasteiger partial charge is 0.393 e. The number of amides is 1. The SMILES string of the molecule is CCc1cc(Nc2nc(NC3CCC(O)CC3)c(CC)nc2C(N)=O)cc(N2CCN(C)CC2)c1. The number of benzene rings is 1. The average Bonchev–Trinajstić information content (AvgIpc) is 2.85. The van der Waals surface area contributed by atoms with Crippen LogP contribution in [0.4, 0.5) is 23.0 Å². The van der Waals surface area contributed by atoms with Gasteiger partial charge in [-0.3, -0.25) is 4.79 Å². The zero-order valence-corrected chi connectivity index (χ0v) is 21.2. The minimum atomic E-state index is -0.604. The number of carbonyl (C=O) groups is 1. The summed E-state index contributed by atoms with van der Waals surface area (Å²) >= 11 is 0. The molecular formula is C26H39N7O2. The van der Waals surface area contributed by atoms with Gasteiger partial charge in [0.05, 0.1) is 11.8 Å². The van der Waals surface area contributed by atoms with Gasteiger partial charge in [-0.05, 0) is 69.3 Å². The second-order valence-corrected chi connectivity index (χ2v) is 9.74. The molecule has 1 aliphatic heterocycles. The molecule has 4 rings (SSSR count). The van der Waals surface area contributed by atoms with Crippen LogP contribution in [-0.4, -0.2) is 71.3 Å². The van der Waals surface area contributed by atoms with E-state index in [-0.39, 0.29) is 17.8 Å². The molecule has 2 aromatic rings. The van der Waals surface area contributed by atoms with Gasteiger partial charge >= 0.3 is 0 Å². The summed E-state index contributed by atoms with van der Waals surface area (Å²) in [6.07, 6.45) is 4.60. The monoisotopic (exact) mass is 481 g/mol. The Kier molecular flexibility index (Phi) is 8.07. The number of primary amides is 1. The van der Waals surface area contributed by atoms with Crippen molar-refractivity contribution in [2.75, 3.05) is 48.8 Å². The average molecular weight is 482 g/mol. The van der Waals surface area contributed by atoms with Gasteiger partial charge in [-0.15, -0.1) is 0 Å². The van der Waals surface area contributed by atoms with Gasteiger partial charge in [0.15, 0.2) is 11.5 Å². The summed E-state index contributed by atoms with van der Waals surface area (Å²) < 4.78 is 0. The number of nitrogens with zero attached hydrogens (tertiary/aromatic N) is 4. The van der Waals surface area contributed by atoms with E-state index in [4.69, 9.17) is 10.7 Å². The summed E-state index contributed by atoms with van der Waals surface area (Å²) in [5.74, 6) is 0.436. The number of hydrogen-bond donors (Lipinski definition) is 4. The topological polar surface area (TPSA) is 120 Å². The number of hydrogen-bond acceptors (Lipinski definition) is 8. The number of aryl methyl sites for hydroxylation is 2. The van der Waals surface area contributed by atoms with E-state index >= 15 is 0 Å². The normalized spacial score (nSPS) is 21.1. The zero-order chi connectivity index (χ0) is 24.9. The Morgan fingerprint density at radius 3 is 2.37 bits per heavy atom. The molecule has 0 bridgehead atoms. The lowest BCUT2D eigenvalue weighted by atomic mass is 9.93. The first-order valence-electron chi connectivity index (χ1n) is 12.9. The maximum Gasteiger partial charge on any atom is 0.271 e. The summed E-state index contributed by atoms with van der Waals surface area (Å²) in [5.41, 5.74) is 9.82. The van der Waals surface area contributed by atoms with Crippen LogP contribution < -0.4 is 21.3 Å². The highest BCUT2D eigenvalue weighted by Crippen LogP contribution is 2.29. The number of anilines is 4. The number of rotatable bonds is 8. The van der Waals surface area contributed by atoms with E-state index in [1.54, 1.807) is 0 Å². The predicted octanol–water partition coefficient (Wildman–Crippen LogP) is 2.91. The highest BCUT2D eigenvalue weighted by Gasteiger charge is 2.23. The number of nitrogens with one attached hydrogen (secondary N) is 2. The molecule has 1 amide bonds. The molecule has 1 saturated carbocycles. The van der Waals surface area contributed by atoms with Crippen LogP contribution in [-0.2, 0) is 12.8 Å². The van der Waals surface area contributed by atoms with E-state index < -0.39 is 5.91 Å². The molecule has 1 aromatic heterocycles. The summed E-state index contributed by atoms with van der Waals surface area (Å²) in [5, 5.41) is 16.7. The molecular weight excluding hydrogens is 442 g/mol. The Hall–Kier alpha value is -2.91. The van der Waals surface area contributed by atoms with Gasteiger partial charge < -0.3 is 31.3 Å². The molecule has 0 spiro atoms. The van der Waals surface area contributed by atoms with Crippen LogP contribution in [0.3, 0.4) is 0 Å². The maximum absolute atomic E-state index is 12.3. The van der Waals surface area contributed by atoms with Gasteiger partial charge in [0.25, 0.3) is 5.91 Å². The quantitative estimate of drug-likeness (QED) is 0.454. The van der Waals surface area contributed by atoms with Crippen LogP contribution in [0.25, 0.3) is 0 Å². The van der Waals surface area contributed by atoms with Gasteiger partial charge in [-0.25, -0.2) is 9.97 Å². The van der Waals surface area contributed by atoms with Crippen LogP contribution in [0, 0.1) is 0 Å². The van der Waals surface area contributed by atoms with Crippen molar-refractivity contribution in [3.8, 4) is 0 Å². The Labute approximate surface area is 208 Å². The number of carbonyl (C=O) groups excluding carboxylic acids is 1. The summed E-state index contributed by atoms with van der Waals surface area (Å²) in [7, 11) is 2.15. The molecule has 35 heavy (non-hydrogen) atoms. The van der Waals surface area contributed by atoms with E-state index in [0.717, 1.165) is 75.4 Å². The third-order valence-electron chi connectivity index (χ3n) is 7.09. The van der Waals surface area contributed by atoms with Crippen molar-refractivity contribution >= 4 is 28.9 Å². The Morgan fingerprint density at radius 1 is 1.03 bits per heavy atom.